The number of ether oxygens (including phenoxy) is 1. The molecule has 2 fully saturated rings. The molecule has 4 atom stereocenters. The molecule has 2 amide bonds. The van der Waals surface area contributed by atoms with Gasteiger partial charge >= 0.3 is 5.97 Å². The number of rotatable bonds is 4. The van der Waals surface area contributed by atoms with Gasteiger partial charge in [0.25, 0.3) is 0 Å². The van der Waals surface area contributed by atoms with E-state index in [-0.39, 0.29) is 23.6 Å². The van der Waals surface area contributed by atoms with Crippen molar-refractivity contribution in [1.82, 2.24) is 10.2 Å². The fraction of sp³-hybridized carbons (Fsp3) is 0.471. The number of fused-ring (bicyclic) bond motifs is 1. The minimum absolute atomic E-state index is 0.204. The van der Waals surface area contributed by atoms with E-state index in [0.717, 1.165) is 5.56 Å². The summed E-state index contributed by atoms with van der Waals surface area (Å²) in [6, 6.07) is 7.83. The first-order chi connectivity index (χ1) is 11.8. The van der Waals surface area contributed by atoms with Gasteiger partial charge in [-0.1, -0.05) is 30.3 Å². The van der Waals surface area contributed by atoms with Crippen molar-refractivity contribution in [3.8, 4) is 0 Å². The number of nitrogens with one attached hydrogen (secondary N) is 1. The zero-order chi connectivity index (χ0) is 18.2. The summed E-state index contributed by atoms with van der Waals surface area (Å²) < 4.78 is 4.81. The van der Waals surface area contributed by atoms with Crippen molar-refractivity contribution in [3.63, 3.8) is 0 Å². The molecule has 0 aromatic heterocycles. The van der Waals surface area contributed by atoms with Crippen molar-refractivity contribution in [2.75, 3.05) is 12.9 Å². The van der Waals surface area contributed by atoms with E-state index < -0.39 is 22.9 Å². The summed E-state index contributed by atoms with van der Waals surface area (Å²) in [5.41, 5.74) is 0.876. The normalized spacial score (nSPS) is 30.9. The molecule has 2 saturated heterocycles. The second-order valence-corrected chi connectivity index (χ2v) is 8.33. The van der Waals surface area contributed by atoms with Crippen LogP contribution in [0.2, 0.25) is 0 Å². The van der Waals surface area contributed by atoms with Crippen LogP contribution in [-0.2, 0) is 25.5 Å². The van der Waals surface area contributed by atoms with Crippen molar-refractivity contribution >= 4 is 41.1 Å². The lowest BCUT2D eigenvalue weighted by Crippen LogP contribution is -2.78. The molecule has 3 rings (SSSR count). The molecule has 8 heteroatoms. The summed E-state index contributed by atoms with van der Waals surface area (Å²) in [4.78, 5) is 37.4. The minimum atomic E-state index is -0.900. The lowest BCUT2D eigenvalue weighted by molar-refractivity contribution is -0.165. The Labute approximate surface area is 155 Å². The van der Waals surface area contributed by atoms with E-state index in [1.807, 2.05) is 30.3 Å². The quantitative estimate of drug-likeness (QED) is 0.480. The first kappa shape index (κ1) is 18.1. The molecular formula is C17H19ClN2O4S. The summed E-state index contributed by atoms with van der Waals surface area (Å²) in [5.74, 6) is -0.585. The number of halogens is 1. The van der Waals surface area contributed by atoms with E-state index in [1.54, 1.807) is 6.92 Å². The van der Waals surface area contributed by atoms with Gasteiger partial charge in [0.2, 0.25) is 11.8 Å². The molecule has 6 nitrogen and oxygen atoms in total. The lowest BCUT2D eigenvalue weighted by atomic mass is 9.94. The SMILES string of the molecule is COC(=O)C1N2C(=O)C(NC(=O)Cc3ccccc3)[C@H]2SCC1(C)Cl. The Morgan fingerprint density at radius 1 is 1.40 bits per heavy atom. The van der Waals surface area contributed by atoms with Gasteiger partial charge in [-0.25, -0.2) is 4.79 Å². The molecule has 2 heterocycles. The number of methoxy groups -OCH3 is 1. The number of esters is 1. The van der Waals surface area contributed by atoms with E-state index in [2.05, 4.69) is 5.32 Å². The summed E-state index contributed by atoms with van der Waals surface area (Å²) >= 11 is 7.89. The Bertz CT molecular complexity index is 697. The van der Waals surface area contributed by atoms with Crippen LogP contribution in [0.4, 0.5) is 0 Å². The molecule has 2 aliphatic heterocycles. The lowest BCUT2D eigenvalue weighted by Gasteiger charge is -2.56. The minimum Gasteiger partial charge on any atom is -0.467 e. The van der Waals surface area contributed by atoms with E-state index in [0.29, 0.717) is 5.75 Å². The van der Waals surface area contributed by atoms with Crippen LogP contribution in [0.5, 0.6) is 0 Å². The molecule has 0 radical (unpaired) electrons. The number of nitrogens with zero attached hydrogens (tertiary/aromatic N) is 1. The Hall–Kier alpha value is -1.73. The molecule has 2 aliphatic rings. The Morgan fingerprint density at radius 2 is 2.08 bits per heavy atom. The highest BCUT2D eigenvalue weighted by Crippen LogP contribution is 2.45. The Balaban J connectivity index is 1.68. The maximum atomic E-state index is 12.5. The summed E-state index contributed by atoms with van der Waals surface area (Å²) in [5, 5.41) is 2.47. The third-order valence-corrected chi connectivity index (χ3v) is 6.52. The maximum Gasteiger partial charge on any atom is 0.330 e. The van der Waals surface area contributed by atoms with Crippen LogP contribution in [0.3, 0.4) is 0 Å². The summed E-state index contributed by atoms with van der Waals surface area (Å²) in [7, 11) is 1.27. The number of hydrogen-bond donors (Lipinski definition) is 1. The highest BCUT2D eigenvalue weighted by Gasteiger charge is 2.61. The number of alkyl halides is 1. The van der Waals surface area contributed by atoms with Crippen molar-refractivity contribution < 1.29 is 19.1 Å². The molecule has 3 unspecified atom stereocenters. The van der Waals surface area contributed by atoms with Crippen molar-refractivity contribution in [3.05, 3.63) is 35.9 Å². The van der Waals surface area contributed by atoms with Crippen molar-refractivity contribution in [2.45, 2.75) is 35.7 Å². The Morgan fingerprint density at radius 3 is 2.72 bits per heavy atom. The molecule has 25 heavy (non-hydrogen) atoms. The zero-order valence-electron chi connectivity index (χ0n) is 13.9. The van der Waals surface area contributed by atoms with Gasteiger partial charge in [-0.2, -0.15) is 0 Å². The monoisotopic (exact) mass is 382 g/mol. The van der Waals surface area contributed by atoms with Crippen LogP contribution < -0.4 is 5.32 Å². The van der Waals surface area contributed by atoms with Crippen LogP contribution in [0, 0.1) is 0 Å². The Kier molecular flexibility index (Phi) is 4.97. The molecular weight excluding hydrogens is 364 g/mol. The van der Waals surface area contributed by atoms with Gasteiger partial charge in [0, 0.05) is 5.75 Å². The first-order valence-electron chi connectivity index (χ1n) is 7.89. The summed E-state index contributed by atoms with van der Waals surface area (Å²) in [6.07, 6.45) is 0.204. The van der Waals surface area contributed by atoms with Gasteiger partial charge in [0.1, 0.15) is 11.4 Å². The van der Waals surface area contributed by atoms with Gasteiger partial charge in [-0.15, -0.1) is 23.4 Å². The van der Waals surface area contributed by atoms with Gasteiger partial charge < -0.3 is 15.0 Å². The third kappa shape index (κ3) is 3.35. The fourth-order valence-electron chi connectivity index (χ4n) is 3.16. The molecule has 1 aromatic rings. The van der Waals surface area contributed by atoms with Gasteiger partial charge in [-0.05, 0) is 12.5 Å². The van der Waals surface area contributed by atoms with Crippen LogP contribution >= 0.6 is 23.4 Å². The maximum absolute atomic E-state index is 12.5. The molecule has 134 valence electrons. The second-order valence-electron chi connectivity index (χ2n) is 6.36. The van der Waals surface area contributed by atoms with Crippen LogP contribution in [0.15, 0.2) is 30.3 Å². The molecule has 1 N–H and O–H groups in total. The number of β-lactam (4-membered cyclic amide) rings is 1. The van der Waals surface area contributed by atoms with Crippen LogP contribution in [0.25, 0.3) is 0 Å². The predicted octanol–water partition coefficient (Wildman–Crippen LogP) is 1.17. The van der Waals surface area contributed by atoms with Crippen molar-refractivity contribution in [1.29, 1.82) is 0 Å². The number of carbonyl (C=O) groups excluding carboxylic acids is 3. The van der Waals surface area contributed by atoms with E-state index >= 15 is 0 Å². The largest absolute Gasteiger partial charge is 0.467 e. The molecule has 0 aliphatic carbocycles. The number of amides is 2. The van der Waals surface area contributed by atoms with Gasteiger partial charge in [0.05, 0.1) is 18.4 Å². The first-order valence-corrected chi connectivity index (χ1v) is 9.31. The van der Waals surface area contributed by atoms with E-state index in [9.17, 15) is 14.4 Å². The summed E-state index contributed by atoms with van der Waals surface area (Å²) in [6.45, 7) is 1.72. The molecule has 1 aromatic carbocycles. The average molecular weight is 383 g/mol. The smallest absolute Gasteiger partial charge is 0.330 e. The highest BCUT2D eigenvalue weighted by atomic mass is 35.5. The number of carbonyl (C=O) groups is 3. The average Bonchev–Trinajstić information content (AvgIpc) is 2.59. The second kappa shape index (κ2) is 6.88. The number of benzene rings is 1. The predicted molar refractivity (Wildman–Crippen MR) is 95.2 cm³/mol. The van der Waals surface area contributed by atoms with Crippen LogP contribution in [0.1, 0.15) is 12.5 Å². The molecule has 0 saturated carbocycles. The van der Waals surface area contributed by atoms with Gasteiger partial charge in [-0.3, -0.25) is 9.59 Å². The number of hydrogen-bond acceptors (Lipinski definition) is 5. The zero-order valence-corrected chi connectivity index (χ0v) is 15.5. The van der Waals surface area contributed by atoms with E-state index in [1.165, 1.54) is 23.8 Å². The van der Waals surface area contributed by atoms with Crippen LogP contribution in [-0.4, -0.2) is 57.9 Å². The topological polar surface area (TPSA) is 75.7 Å². The molecule has 0 spiro atoms. The molecule has 0 bridgehead atoms. The van der Waals surface area contributed by atoms with Crippen molar-refractivity contribution in [2.24, 2.45) is 0 Å². The van der Waals surface area contributed by atoms with Gasteiger partial charge in [0.15, 0.2) is 6.04 Å². The third-order valence-electron chi connectivity index (χ3n) is 4.41. The fourth-order valence-corrected chi connectivity index (χ4v) is 4.96. The highest BCUT2D eigenvalue weighted by molar-refractivity contribution is 8.00. The standard InChI is InChI=1S/C17H19ClN2O4S/c1-17(18)9-25-15-12(14(22)20(15)13(17)16(23)24-2)19-11(21)8-10-6-4-3-5-7-10/h3-7,12-13,15H,8-9H2,1-2H3,(H,19,21)/t12?,13?,15-,17?/m1/s1. The number of thioether (sulfide) groups is 1. The van der Waals surface area contributed by atoms with E-state index in [4.69, 9.17) is 16.3 Å².